The highest BCUT2D eigenvalue weighted by atomic mass is 19.1. The zero-order valence-electron chi connectivity index (χ0n) is 11.4. The summed E-state index contributed by atoms with van der Waals surface area (Å²) in [6.07, 6.45) is 5.13. The molecule has 0 atom stereocenters. The number of aryl methyl sites for hydroxylation is 1. The highest BCUT2D eigenvalue weighted by Crippen LogP contribution is 2.29. The first kappa shape index (κ1) is 13.9. The average Bonchev–Trinajstić information content (AvgIpc) is 2.63. The van der Waals surface area contributed by atoms with E-state index in [4.69, 9.17) is 0 Å². The maximum absolute atomic E-state index is 13.3. The smallest absolute Gasteiger partial charge is 0.242 e. The number of carbonyl (C=O) groups is 1. The van der Waals surface area contributed by atoms with Gasteiger partial charge in [0, 0.05) is 24.7 Å². The molecule has 1 fully saturated rings. The third-order valence-electron chi connectivity index (χ3n) is 3.57. The van der Waals surface area contributed by atoms with Gasteiger partial charge in [0.15, 0.2) is 0 Å². The van der Waals surface area contributed by atoms with Gasteiger partial charge in [-0.3, -0.25) is 14.8 Å². The first-order chi connectivity index (χ1) is 9.00. The lowest BCUT2D eigenvalue weighted by Gasteiger charge is -2.20. The van der Waals surface area contributed by atoms with Gasteiger partial charge in [-0.15, -0.1) is 0 Å². The van der Waals surface area contributed by atoms with Gasteiger partial charge in [0.25, 0.3) is 0 Å². The number of hydrogen-bond donors (Lipinski definition) is 1. The van der Waals surface area contributed by atoms with Crippen LogP contribution in [0, 0.1) is 11.2 Å². The molecule has 1 aromatic heterocycles. The maximum Gasteiger partial charge on any atom is 0.242 e. The first-order valence-corrected chi connectivity index (χ1v) is 6.64. The average molecular weight is 265 g/mol. The molecule has 104 valence electrons. The molecule has 1 amide bonds. The van der Waals surface area contributed by atoms with Crippen molar-refractivity contribution in [3.05, 3.63) is 29.8 Å². The van der Waals surface area contributed by atoms with E-state index < -0.39 is 0 Å². The van der Waals surface area contributed by atoms with Gasteiger partial charge in [0.1, 0.15) is 5.82 Å². The fraction of sp³-hybridized carbons (Fsp3) is 0.571. The Morgan fingerprint density at radius 3 is 2.95 bits per heavy atom. The summed E-state index contributed by atoms with van der Waals surface area (Å²) in [5.74, 6) is -0.122. The van der Waals surface area contributed by atoms with Gasteiger partial charge in [0.2, 0.25) is 5.91 Å². The Labute approximate surface area is 113 Å². The number of pyridine rings is 1. The standard InChI is InChI=1S/C14H20FN3O/c1-14(2)6-9-18(13(14)19)17-7-3-4-11-5-8-16-10-12(11)15/h5,8,10,17H,3-4,6-7,9H2,1-2H3. The third kappa shape index (κ3) is 3.29. The van der Waals surface area contributed by atoms with Crippen molar-refractivity contribution >= 4 is 5.91 Å². The summed E-state index contributed by atoms with van der Waals surface area (Å²) < 4.78 is 13.3. The molecule has 4 nitrogen and oxygen atoms in total. The number of nitrogens with zero attached hydrogens (tertiary/aromatic N) is 2. The number of halogens is 1. The predicted molar refractivity (Wildman–Crippen MR) is 70.6 cm³/mol. The van der Waals surface area contributed by atoms with E-state index >= 15 is 0 Å². The van der Waals surface area contributed by atoms with E-state index in [9.17, 15) is 9.18 Å². The van der Waals surface area contributed by atoms with Crippen LogP contribution in [0.4, 0.5) is 4.39 Å². The molecule has 19 heavy (non-hydrogen) atoms. The van der Waals surface area contributed by atoms with E-state index in [2.05, 4.69) is 10.4 Å². The fourth-order valence-corrected chi connectivity index (χ4v) is 2.22. The van der Waals surface area contributed by atoms with Gasteiger partial charge in [-0.25, -0.2) is 9.82 Å². The second-order valence-corrected chi connectivity index (χ2v) is 5.57. The topological polar surface area (TPSA) is 45.2 Å². The fourth-order valence-electron chi connectivity index (χ4n) is 2.22. The van der Waals surface area contributed by atoms with E-state index in [0.29, 0.717) is 18.5 Å². The quantitative estimate of drug-likeness (QED) is 0.827. The summed E-state index contributed by atoms with van der Waals surface area (Å²) in [7, 11) is 0. The van der Waals surface area contributed by atoms with Crippen LogP contribution in [-0.4, -0.2) is 29.0 Å². The van der Waals surface area contributed by atoms with Crippen molar-refractivity contribution in [2.24, 2.45) is 5.41 Å². The number of aromatic nitrogens is 1. The van der Waals surface area contributed by atoms with E-state index in [1.807, 2.05) is 13.8 Å². The number of nitrogens with one attached hydrogen (secondary N) is 1. The van der Waals surface area contributed by atoms with Crippen LogP contribution in [0.2, 0.25) is 0 Å². The van der Waals surface area contributed by atoms with Gasteiger partial charge in [-0.2, -0.15) is 0 Å². The van der Waals surface area contributed by atoms with Crippen LogP contribution in [0.15, 0.2) is 18.5 Å². The number of carbonyl (C=O) groups excluding carboxylic acids is 1. The largest absolute Gasteiger partial charge is 0.278 e. The molecule has 1 aliphatic heterocycles. The molecule has 2 rings (SSSR count). The monoisotopic (exact) mass is 265 g/mol. The normalized spacial score (nSPS) is 18.1. The summed E-state index contributed by atoms with van der Waals surface area (Å²) in [5, 5.41) is 1.68. The van der Waals surface area contributed by atoms with Gasteiger partial charge < -0.3 is 0 Å². The molecular formula is C14H20FN3O. The molecule has 0 bridgehead atoms. The number of hydrogen-bond acceptors (Lipinski definition) is 3. The molecule has 0 radical (unpaired) electrons. The molecule has 0 aliphatic carbocycles. The van der Waals surface area contributed by atoms with Crippen molar-refractivity contribution in [3.63, 3.8) is 0 Å². The second-order valence-electron chi connectivity index (χ2n) is 5.57. The summed E-state index contributed by atoms with van der Waals surface area (Å²) in [4.78, 5) is 15.7. The van der Waals surface area contributed by atoms with Crippen molar-refractivity contribution in [1.82, 2.24) is 15.4 Å². The maximum atomic E-state index is 13.3. The Hall–Kier alpha value is -1.49. The SMILES string of the molecule is CC1(C)CCN(NCCCc2ccncc2F)C1=O. The van der Waals surface area contributed by atoms with Gasteiger partial charge in [0.05, 0.1) is 6.20 Å². The zero-order valence-corrected chi connectivity index (χ0v) is 11.4. The molecule has 0 saturated carbocycles. The van der Waals surface area contributed by atoms with E-state index in [1.165, 1.54) is 6.20 Å². The lowest BCUT2D eigenvalue weighted by molar-refractivity contribution is -0.137. The van der Waals surface area contributed by atoms with E-state index in [-0.39, 0.29) is 17.1 Å². The van der Waals surface area contributed by atoms with Crippen LogP contribution in [0.25, 0.3) is 0 Å². The van der Waals surface area contributed by atoms with E-state index in [0.717, 1.165) is 19.4 Å². The number of hydrazine groups is 1. The van der Waals surface area contributed by atoms with Gasteiger partial charge in [-0.05, 0) is 30.9 Å². The molecule has 1 N–H and O–H groups in total. The Kier molecular flexibility index (Phi) is 4.14. The second kappa shape index (κ2) is 5.65. The van der Waals surface area contributed by atoms with Crippen LogP contribution in [0.5, 0.6) is 0 Å². The van der Waals surface area contributed by atoms with Crippen LogP contribution < -0.4 is 5.43 Å². The Bertz CT molecular complexity index is 462. The molecule has 1 saturated heterocycles. The predicted octanol–water partition coefficient (Wildman–Crippen LogP) is 1.92. The zero-order chi connectivity index (χ0) is 13.9. The molecule has 2 heterocycles. The Morgan fingerprint density at radius 2 is 2.32 bits per heavy atom. The summed E-state index contributed by atoms with van der Waals surface area (Å²) in [6.45, 7) is 5.34. The van der Waals surface area contributed by atoms with Crippen LogP contribution >= 0.6 is 0 Å². The molecule has 5 heteroatoms. The van der Waals surface area contributed by atoms with Crippen molar-refractivity contribution in [2.75, 3.05) is 13.1 Å². The van der Waals surface area contributed by atoms with E-state index in [1.54, 1.807) is 17.3 Å². The summed E-state index contributed by atoms with van der Waals surface area (Å²) >= 11 is 0. The molecule has 0 aromatic carbocycles. The lowest BCUT2D eigenvalue weighted by atomic mass is 9.92. The lowest BCUT2D eigenvalue weighted by Crippen LogP contribution is -2.42. The van der Waals surface area contributed by atoms with Crippen molar-refractivity contribution in [2.45, 2.75) is 33.1 Å². The van der Waals surface area contributed by atoms with Crippen molar-refractivity contribution in [1.29, 1.82) is 0 Å². The minimum atomic E-state index is -0.263. The van der Waals surface area contributed by atoms with Gasteiger partial charge in [-0.1, -0.05) is 13.8 Å². The third-order valence-corrected chi connectivity index (χ3v) is 3.57. The minimum Gasteiger partial charge on any atom is -0.278 e. The Balaban J connectivity index is 1.74. The molecule has 1 aromatic rings. The highest BCUT2D eigenvalue weighted by Gasteiger charge is 2.38. The number of rotatable bonds is 5. The van der Waals surface area contributed by atoms with Crippen molar-refractivity contribution < 1.29 is 9.18 Å². The molecule has 0 spiro atoms. The summed E-state index contributed by atoms with van der Waals surface area (Å²) in [5.41, 5.74) is 3.53. The minimum absolute atomic E-state index is 0.141. The van der Waals surface area contributed by atoms with Gasteiger partial charge >= 0.3 is 0 Å². The molecule has 1 aliphatic rings. The summed E-state index contributed by atoms with van der Waals surface area (Å²) in [6, 6.07) is 1.69. The van der Waals surface area contributed by atoms with Crippen LogP contribution in [0.1, 0.15) is 32.3 Å². The molecule has 0 unspecified atom stereocenters. The van der Waals surface area contributed by atoms with Crippen LogP contribution in [-0.2, 0) is 11.2 Å². The molecular weight excluding hydrogens is 245 g/mol. The van der Waals surface area contributed by atoms with Crippen molar-refractivity contribution in [3.8, 4) is 0 Å². The highest BCUT2D eigenvalue weighted by molar-refractivity contribution is 5.83. The number of amides is 1. The first-order valence-electron chi connectivity index (χ1n) is 6.64. The Morgan fingerprint density at radius 1 is 1.53 bits per heavy atom. The van der Waals surface area contributed by atoms with Crippen LogP contribution in [0.3, 0.4) is 0 Å².